The van der Waals surface area contributed by atoms with Gasteiger partial charge >= 0.3 is 6.18 Å². The molecule has 0 fully saturated rings. The zero-order valence-corrected chi connectivity index (χ0v) is 18.8. The highest BCUT2D eigenvalue weighted by Crippen LogP contribution is 2.32. The molecule has 32 heavy (non-hydrogen) atoms. The lowest BCUT2D eigenvalue weighted by Gasteiger charge is -2.14. The first-order valence-corrected chi connectivity index (χ1v) is 11.1. The summed E-state index contributed by atoms with van der Waals surface area (Å²) < 4.78 is 39.8. The fourth-order valence-corrected chi connectivity index (χ4v) is 3.86. The zero-order valence-electron chi connectivity index (χ0n) is 17.2. The minimum Gasteiger partial charge on any atom is -0.309 e. The van der Waals surface area contributed by atoms with Crippen LogP contribution in [0.15, 0.2) is 46.5 Å². The number of hydrogen-bond acceptors (Lipinski definition) is 5. The van der Waals surface area contributed by atoms with Crippen LogP contribution in [0.3, 0.4) is 0 Å². The second kappa shape index (κ2) is 9.91. The Labute approximate surface area is 191 Å². The van der Waals surface area contributed by atoms with Crippen molar-refractivity contribution in [2.75, 3.05) is 11.1 Å². The van der Waals surface area contributed by atoms with E-state index in [4.69, 9.17) is 11.6 Å². The molecule has 3 aromatic rings. The Bertz CT molecular complexity index is 1200. The minimum atomic E-state index is -4.59. The topological polar surface area (TPSA) is 76.9 Å². The molecule has 0 spiro atoms. The molecule has 0 saturated carbocycles. The summed E-state index contributed by atoms with van der Waals surface area (Å²) in [6.45, 7) is 4.53. The van der Waals surface area contributed by atoms with E-state index >= 15 is 0 Å². The van der Waals surface area contributed by atoms with Crippen molar-refractivity contribution in [1.29, 1.82) is 0 Å². The fourth-order valence-electron chi connectivity index (χ4n) is 2.83. The van der Waals surface area contributed by atoms with Gasteiger partial charge in [-0.15, -0.1) is 0 Å². The van der Waals surface area contributed by atoms with Crippen LogP contribution in [-0.4, -0.2) is 26.2 Å². The lowest BCUT2D eigenvalue weighted by Crippen LogP contribution is -2.25. The van der Waals surface area contributed by atoms with E-state index in [0.29, 0.717) is 40.8 Å². The Morgan fingerprint density at radius 2 is 2.00 bits per heavy atom. The molecule has 0 aliphatic carbocycles. The van der Waals surface area contributed by atoms with Gasteiger partial charge in [0.15, 0.2) is 11.0 Å². The molecule has 0 bridgehead atoms. The number of pyridine rings is 1. The van der Waals surface area contributed by atoms with Crippen LogP contribution >= 0.6 is 23.4 Å². The summed E-state index contributed by atoms with van der Waals surface area (Å²) in [5.74, 6) is -0.482. The number of carbonyl (C=O) groups excluding carboxylic acids is 1. The zero-order chi connectivity index (χ0) is 23.5. The van der Waals surface area contributed by atoms with E-state index in [1.54, 1.807) is 28.8 Å². The van der Waals surface area contributed by atoms with Gasteiger partial charge in [-0.2, -0.15) is 13.2 Å². The van der Waals surface area contributed by atoms with Crippen LogP contribution in [0.25, 0.3) is 10.9 Å². The van der Waals surface area contributed by atoms with E-state index in [-0.39, 0.29) is 22.2 Å². The number of hydrogen-bond donors (Lipinski definition) is 1. The molecule has 0 aliphatic heterocycles. The molecule has 2 aromatic heterocycles. The van der Waals surface area contributed by atoms with Crippen LogP contribution < -0.4 is 10.9 Å². The SMILES string of the molecule is CC(C)CCn1c(SCC(=O)Nc2ncc(C(F)(F)F)cc2Cl)nc2ccccc2c1=O. The second-order valence-electron chi connectivity index (χ2n) is 7.44. The van der Waals surface area contributed by atoms with Crippen LogP contribution in [0.5, 0.6) is 0 Å². The van der Waals surface area contributed by atoms with Gasteiger partial charge in [0.25, 0.3) is 5.56 Å². The third-order valence-corrected chi connectivity index (χ3v) is 5.78. The van der Waals surface area contributed by atoms with E-state index in [1.165, 1.54) is 0 Å². The predicted molar refractivity (Wildman–Crippen MR) is 119 cm³/mol. The van der Waals surface area contributed by atoms with Gasteiger partial charge in [0, 0.05) is 12.7 Å². The van der Waals surface area contributed by atoms with Crippen LogP contribution in [0, 0.1) is 5.92 Å². The Morgan fingerprint density at radius 1 is 1.28 bits per heavy atom. The lowest BCUT2D eigenvalue weighted by molar-refractivity contribution is -0.137. The van der Waals surface area contributed by atoms with Gasteiger partial charge in [-0.25, -0.2) is 9.97 Å². The van der Waals surface area contributed by atoms with Gasteiger partial charge in [-0.05, 0) is 30.5 Å². The minimum absolute atomic E-state index is 0.133. The van der Waals surface area contributed by atoms with E-state index in [0.717, 1.165) is 18.2 Å². The molecule has 0 radical (unpaired) electrons. The van der Waals surface area contributed by atoms with Crippen molar-refractivity contribution in [2.45, 2.75) is 38.1 Å². The van der Waals surface area contributed by atoms with Crippen molar-refractivity contribution in [3.05, 3.63) is 57.5 Å². The van der Waals surface area contributed by atoms with Crippen LogP contribution in [0.1, 0.15) is 25.8 Å². The summed E-state index contributed by atoms with van der Waals surface area (Å²) in [6, 6.07) is 7.66. The third kappa shape index (κ3) is 5.80. The lowest BCUT2D eigenvalue weighted by atomic mass is 10.1. The second-order valence-corrected chi connectivity index (χ2v) is 8.79. The Kier molecular flexibility index (Phi) is 7.45. The Morgan fingerprint density at radius 3 is 2.66 bits per heavy atom. The van der Waals surface area contributed by atoms with E-state index in [2.05, 4.69) is 15.3 Å². The van der Waals surface area contributed by atoms with Crippen molar-refractivity contribution >= 4 is 46.0 Å². The van der Waals surface area contributed by atoms with Crippen molar-refractivity contribution in [3.8, 4) is 0 Å². The molecule has 170 valence electrons. The summed E-state index contributed by atoms with van der Waals surface area (Å²) in [5, 5.41) is 2.95. The number of fused-ring (bicyclic) bond motifs is 1. The standard InChI is InChI=1S/C21H20ClF3N4O2S/c1-12(2)7-8-29-19(31)14-5-3-4-6-16(14)27-20(29)32-11-17(30)28-18-15(22)9-13(10-26-18)21(23,24)25/h3-6,9-10,12H,7-8,11H2,1-2H3,(H,26,28,30). The van der Waals surface area contributed by atoms with Crippen molar-refractivity contribution in [2.24, 2.45) is 5.92 Å². The van der Waals surface area contributed by atoms with Crippen molar-refractivity contribution in [3.63, 3.8) is 0 Å². The highest BCUT2D eigenvalue weighted by molar-refractivity contribution is 7.99. The van der Waals surface area contributed by atoms with Crippen LogP contribution in [0.4, 0.5) is 19.0 Å². The summed E-state index contributed by atoms with van der Waals surface area (Å²) in [6.07, 6.45) is -3.23. The summed E-state index contributed by atoms with van der Waals surface area (Å²) in [4.78, 5) is 33.4. The average molecular weight is 485 g/mol. The largest absolute Gasteiger partial charge is 0.417 e. The average Bonchev–Trinajstić information content (AvgIpc) is 2.72. The van der Waals surface area contributed by atoms with Gasteiger partial charge < -0.3 is 5.32 Å². The van der Waals surface area contributed by atoms with Gasteiger partial charge in [0.1, 0.15) is 0 Å². The molecule has 11 heteroatoms. The molecule has 0 atom stereocenters. The first-order chi connectivity index (χ1) is 15.1. The quantitative estimate of drug-likeness (QED) is 0.366. The summed E-state index contributed by atoms with van der Waals surface area (Å²) in [7, 11) is 0. The summed E-state index contributed by atoms with van der Waals surface area (Å²) >= 11 is 6.89. The fraction of sp³-hybridized carbons (Fsp3) is 0.333. The van der Waals surface area contributed by atoms with Crippen molar-refractivity contribution in [1.82, 2.24) is 14.5 Å². The molecule has 6 nitrogen and oxygen atoms in total. The first-order valence-electron chi connectivity index (χ1n) is 9.71. The molecule has 1 aromatic carbocycles. The number of nitrogens with zero attached hydrogens (tertiary/aromatic N) is 3. The number of thioether (sulfide) groups is 1. The highest BCUT2D eigenvalue weighted by Gasteiger charge is 2.31. The monoisotopic (exact) mass is 484 g/mol. The number of anilines is 1. The first kappa shape index (κ1) is 24.1. The molecular weight excluding hydrogens is 465 g/mol. The predicted octanol–water partition coefficient (Wildman–Crippen LogP) is 5.24. The maximum absolute atomic E-state index is 12.9. The van der Waals surface area contributed by atoms with E-state index in [1.807, 2.05) is 13.8 Å². The number of carbonyl (C=O) groups is 1. The van der Waals surface area contributed by atoms with Crippen LogP contribution in [-0.2, 0) is 17.5 Å². The van der Waals surface area contributed by atoms with E-state index < -0.39 is 17.6 Å². The molecule has 1 N–H and O–H groups in total. The number of amides is 1. The number of alkyl halides is 3. The van der Waals surface area contributed by atoms with Gasteiger partial charge in [0.05, 0.1) is 27.2 Å². The number of para-hydroxylation sites is 1. The smallest absolute Gasteiger partial charge is 0.309 e. The molecule has 0 aliphatic rings. The molecule has 1 amide bonds. The Balaban J connectivity index is 1.78. The molecule has 0 saturated heterocycles. The van der Waals surface area contributed by atoms with Gasteiger partial charge in [-0.3, -0.25) is 14.2 Å². The van der Waals surface area contributed by atoms with Crippen LogP contribution in [0.2, 0.25) is 5.02 Å². The maximum atomic E-state index is 12.9. The van der Waals surface area contributed by atoms with Gasteiger partial charge in [0.2, 0.25) is 5.91 Å². The number of aromatic nitrogens is 3. The normalized spacial score (nSPS) is 11.8. The number of nitrogens with one attached hydrogen (secondary N) is 1. The third-order valence-electron chi connectivity index (χ3n) is 4.52. The molecule has 3 rings (SSSR count). The number of rotatable bonds is 7. The summed E-state index contributed by atoms with van der Waals surface area (Å²) in [5.41, 5.74) is -0.676. The molecular formula is C21H20ClF3N4O2S. The number of benzene rings is 1. The van der Waals surface area contributed by atoms with Crippen molar-refractivity contribution < 1.29 is 18.0 Å². The highest BCUT2D eigenvalue weighted by atomic mass is 35.5. The van der Waals surface area contributed by atoms with E-state index in [9.17, 15) is 22.8 Å². The molecule has 0 unspecified atom stereocenters. The Hall–Kier alpha value is -2.59. The molecule has 2 heterocycles. The van der Waals surface area contributed by atoms with Gasteiger partial charge in [-0.1, -0.05) is 49.3 Å². The number of halogens is 4. The maximum Gasteiger partial charge on any atom is 0.417 e.